The Morgan fingerprint density at radius 3 is 2.48 bits per heavy atom. The predicted molar refractivity (Wildman–Crippen MR) is 104 cm³/mol. The van der Waals surface area contributed by atoms with Crippen LogP contribution in [0.3, 0.4) is 0 Å². The second-order valence-electron chi connectivity index (χ2n) is 6.46. The number of alkyl halides is 3. The van der Waals surface area contributed by atoms with E-state index in [9.17, 15) is 18.0 Å². The maximum absolute atomic E-state index is 12.6. The maximum Gasteiger partial charge on any atom is 0.573 e. The van der Waals surface area contributed by atoms with Gasteiger partial charge in [-0.15, -0.1) is 13.2 Å². The van der Waals surface area contributed by atoms with E-state index < -0.39 is 18.0 Å². The Kier molecular flexibility index (Phi) is 6.38. The number of benzene rings is 2. The molecule has 0 aliphatic heterocycles. The molecule has 3 aromatic rings. The summed E-state index contributed by atoms with van der Waals surface area (Å²) in [7, 11) is 1.41. The molecular formula is C21H19F3N2O5. The van der Waals surface area contributed by atoms with E-state index in [1.165, 1.54) is 43.5 Å². The van der Waals surface area contributed by atoms with Gasteiger partial charge in [0, 0.05) is 5.56 Å². The van der Waals surface area contributed by atoms with Gasteiger partial charge in [0.25, 0.3) is 5.91 Å². The minimum absolute atomic E-state index is 0.123. The van der Waals surface area contributed by atoms with Gasteiger partial charge in [-0.05, 0) is 44.2 Å². The summed E-state index contributed by atoms with van der Waals surface area (Å²) in [5.41, 5.74) is 1.53. The van der Waals surface area contributed by atoms with Crippen molar-refractivity contribution in [3.05, 3.63) is 65.0 Å². The molecular weight excluding hydrogens is 417 g/mol. The van der Waals surface area contributed by atoms with E-state index in [-0.39, 0.29) is 23.6 Å². The second-order valence-corrected chi connectivity index (χ2v) is 6.46. The Labute approximate surface area is 175 Å². The molecule has 1 aromatic heterocycles. The molecule has 0 aliphatic rings. The number of carbonyl (C=O) groups excluding carboxylic acids is 1. The van der Waals surface area contributed by atoms with Gasteiger partial charge < -0.3 is 24.1 Å². The molecule has 1 N–H and O–H groups in total. The molecule has 0 bridgehead atoms. The summed E-state index contributed by atoms with van der Waals surface area (Å²) in [4.78, 5) is 12.6. The Hall–Kier alpha value is -3.69. The van der Waals surface area contributed by atoms with Gasteiger partial charge in [0.2, 0.25) is 0 Å². The van der Waals surface area contributed by atoms with Crippen molar-refractivity contribution in [1.29, 1.82) is 0 Å². The zero-order chi connectivity index (χ0) is 22.6. The monoisotopic (exact) mass is 436 g/mol. The van der Waals surface area contributed by atoms with E-state index in [1.54, 1.807) is 13.8 Å². The van der Waals surface area contributed by atoms with E-state index in [0.29, 0.717) is 17.2 Å². The lowest BCUT2D eigenvalue weighted by Crippen LogP contribution is -2.19. The van der Waals surface area contributed by atoms with E-state index in [4.69, 9.17) is 14.0 Å². The van der Waals surface area contributed by atoms with E-state index in [1.807, 2.05) is 0 Å². The molecule has 1 heterocycles. The maximum atomic E-state index is 12.6. The molecule has 0 saturated heterocycles. The number of hydrogen-bond donors (Lipinski definition) is 1. The lowest BCUT2D eigenvalue weighted by Gasteiger charge is -2.15. The van der Waals surface area contributed by atoms with Crippen LogP contribution in [-0.4, -0.2) is 24.5 Å². The number of anilines is 1. The number of carbonyl (C=O) groups is 1. The molecule has 1 amide bonds. The largest absolute Gasteiger partial charge is 0.573 e. The molecule has 10 heteroatoms. The summed E-state index contributed by atoms with van der Waals surface area (Å²) in [5, 5.41) is 6.27. The van der Waals surface area contributed by atoms with Gasteiger partial charge >= 0.3 is 6.36 Å². The third kappa shape index (κ3) is 5.47. The van der Waals surface area contributed by atoms with Crippen molar-refractivity contribution in [2.45, 2.75) is 26.8 Å². The number of ether oxygens (including phenoxy) is 3. The third-order valence-corrected chi connectivity index (χ3v) is 4.34. The molecule has 31 heavy (non-hydrogen) atoms. The molecule has 0 spiro atoms. The highest BCUT2D eigenvalue weighted by molar-refractivity contribution is 6.05. The van der Waals surface area contributed by atoms with Crippen molar-refractivity contribution in [2.24, 2.45) is 0 Å². The average molecular weight is 436 g/mol. The number of nitrogens with zero attached hydrogens (tertiary/aromatic N) is 1. The first kappa shape index (κ1) is 22.0. The van der Waals surface area contributed by atoms with Crippen molar-refractivity contribution >= 4 is 11.6 Å². The Morgan fingerprint density at radius 1 is 1.10 bits per heavy atom. The summed E-state index contributed by atoms with van der Waals surface area (Å²) in [5.74, 6) is 0.120. The molecule has 7 nitrogen and oxygen atoms in total. The number of rotatable bonds is 7. The molecule has 164 valence electrons. The van der Waals surface area contributed by atoms with Crippen molar-refractivity contribution in [2.75, 3.05) is 12.4 Å². The Bertz CT molecular complexity index is 1060. The summed E-state index contributed by atoms with van der Waals surface area (Å²) < 4.78 is 57.8. The van der Waals surface area contributed by atoms with Crippen molar-refractivity contribution in [3.63, 3.8) is 0 Å². The van der Waals surface area contributed by atoms with Gasteiger partial charge in [0.1, 0.15) is 12.4 Å². The van der Waals surface area contributed by atoms with Crippen LogP contribution in [0.4, 0.5) is 18.9 Å². The van der Waals surface area contributed by atoms with Crippen molar-refractivity contribution in [3.8, 4) is 17.2 Å². The minimum atomic E-state index is -4.88. The molecule has 0 radical (unpaired) electrons. The highest BCUT2D eigenvalue weighted by Crippen LogP contribution is 2.32. The number of halogens is 3. The van der Waals surface area contributed by atoms with Crippen LogP contribution >= 0.6 is 0 Å². The number of aryl methyl sites for hydroxylation is 2. The molecule has 0 atom stereocenters. The summed E-state index contributed by atoms with van der Waals surface area (Å²) in [6, 6.07) is 9.67. The second kappa shape index (κ2) is 8.99. The number of para-hydroxylation sites is 2. The first-order valence-electron chi connectivity index (χ1n) is 9.06. The van der Waals surface area contributed by atoms with E-state index >= 15 is 0 Å². The highest BCUT2D eigenvalue weighted by Gasteiger charge is 2.32. The van der Waals surface area contributed by atoms with Crippen LogP contribution in [0.1, 0.15) is 27.4 Å². The SMILES string of the molecule is COc1cc(C(=O)Nc2ccccc2OC(F)(F)F)ccc1OCc1c(C)noc1C. The van der Waals surface area contributed by atoms with Crippen molar-refractivity contribution < 1.29 is 36.7 Å². The summed E-state index contributed by atoms with van der Waals surface area (Å²) in [6.45, 7) is 3.75. The third-order valence-electron chi connectivity index (χ3n) is 4.34. The lowest BCUT2D eigenvalue weighted by atomic mass is 10.1. The molecule has 3 rings (SSSR count). The Morgan fingerprint density at radius 2 is 1.84 bits per heavy atom. The fourth-order valence-electron chi connectivity index (χ4n) is 2.76. The average Bonchev–Trinajstić information content (AvgIpc) is 3.04. The Balaban J connectivity index is 1.76. The summed E-state index contributed by atoms with van der Waals surface area (Å²) in [6.07, 6.45) is -4.88. The van der Waals surface area contributed by atoms with Crippen LogP contribution in [0.2, 0.25) is 0 Å². The number of amides is 1. The summed E-state index contributed by atoms with van der Waals surface area (Å²) >= 11 is 0. The number of hydrogen-bond acceptors (Lipinski definition) is 6. The van der Waals surface area contributed by atoms with E-state index in [2.05, 4.69) is 15.2 Å². The molecule has 0 unspecified atom stereocenters. The normalized spacial score (nSPS) is 11.2. The number of methoxy groups -OCH3 is 1. The van der Waals surface area contributed by atoms with Crippen molar-refractivity contribution in [1.82, 2.24) is 5.16 Å². The smallest absolute Gasteiger partial charge is 0.493 e. The minimum Gasteiger partial charge on any atom is -0.493 e. The topological polar surface area (TPSA) is 82.8 Å². The fraction of sp³-hybridized carbons (Fsp3) is 0.238. The van der Waals surface area contributed by atoms with Crippen LogP contribution in [-0.2, 0) is 6.61 Å². The number of aromatic nitrogens is 1. The van der Waals surface area contributed by atoms with Crippen LogP contribution in [0.15, 0.2) is 47.0 Å². The number of nitrogens with one attached hydrogen (secondary N) is 1. The van der Waals surface area contributed by atoms with Gasteiger partial charge in [-0.25, -0.2) is 0 Å². The fourth-order valence-corrected chi connectivity index (χ4v) is 2.76. The van der Waals surface area contributed by atoms with Gasteiger partial charge in [0.05, 0.1) is 24.1 Å². The van der Waals surface area contributed by atoms with Crippen LogP contribution < -0.4 is 19.5 Å². The van der Waals surface area contributed by atoms with E-state index in [0.717, 1.165) is 11.6 Å². The molecule has 0 fully saturated rings. The van der Waals surface area contributed by atoms with Crippen LogP contribution in [0.25, 0.3) is 0 Å². The first-order valence-corrected chi connectivity index (χ1v) is 9.06. The molecule has 2 aromatic carbocycles. The van der Waals surface area contributed by atoms with Crippen LogP contribution in [0.5, 0.6) is 17.2 Å². The lowest BCUT2D eigenvalue weighted by molar-refractivity contribution is -0.274. The standard InChI is InChI=1S/C21H19F3N2O5/c1-12-15(13(2)31-26-12)11-29-18-9-8-14(10-19(18)28-3)20(27)25-16-6-4-5-7-17(16)30-21(22,23)24/h4-10H,11H2,1-3H3,(H,25,27). The predicted octanol–water partition coefficient (Wildman–Crippen LogP) is 5.03. The zero-order valence-electron chi connectivity index (χ0n) is 16.9. The first-order chi connectivity index (χ1) is 14.7. The van der Waals surface area contributed by atoms with Gasteiger partial charge in [-0.3, -0.25) is 4.79 Å². The zero-order valence-corrected chi connectivity index (χ0v) is 16.9. The molecule has 0 saturated carbocycles. The van der Waals surface area contributed by atoms with Crippen LogP contribution in [0, 0.1) is 13.8 Å². The highest BCUT2D eigenvalue weighted by atomic mass is 19.4. The quantitative estimate of drug-likeness (QED) is 0.559. The van der Waals surface area contributed by atoms with Gasteiger partial charge in [0.15, 0.2) is 17.2 Å². The van der Waals surface area contributed by atoms with Gasteiger partial charge in [-0.1, -0.05) is 17.3 Å². The van der Waals surface area contributed by atoms with Gasteiger partial charge in [-0.2, -0.15) is 0 Å². The molecule has 0 aliphatic carbocycles.